The minimum Gasteiger partial charge on any atom is -0.379 e. The second-order valence-corrected chi connectivity index (χ2v) is 7.16. The van der Waals surface area contributed by atoms with Gasteiger partial charge in [-0.1, -0.05) is 27.7 Å². The molecule has 0 aromatic rings. The molecule has 0 saturated carbocycles. The molecule has 7 heteroatoms. The molecule has 0 unspecified atom stereocenters. The Morgan fingerprint density at radius 2 is 0.862 bits per heavy atom. The number of rotatable bonds is 22. The van der Waals surface area contributed by atoms with E-state index in [1.54, 1.807) is 0 Å². The molecule has 0 spiro atoms. The second kappa shape index (κ2) is 20.4. The van der Waals surface area contributed by atoms with E-state index in [0.717, 1.165) is 12.8 Å². The summed E-state index contributed by atoms with van der Waals surface area (Å²) in [5, 5.41) is 0. The summed E-state index contributed by atoms with van der Waals surface area (Å²) in [6, 6.07) is 0. The summed E-state index contributed by atoms with van der Waals surface area (Å²) in [4.78, 5) is 23.2. The lowest BCUT2D eigenvalue weighted by molar-refractivity contribution is -0.124. The molecular formula is C22H42O7. The van der Waals surface area contributed by atoms with Crippen molar-refractivity contribution in [3.63, 3.8) is 0 Å². The molecule has 0 amide bonds. The van der Waals surface area contributed by atoms with Crippen LogP contribution in [-0.4, -0.2) is 77.6 Å². The monoisotopic (exact) mass is 418 g/mol. The Labute approximate surface area is 176 Å². The van der Waals surface area contributed by atoms with Crippen molar-refractivity contribution in [2.45, 2.75) is 53.4 Å². The van der Waals surface area contributed by atoms with Crippen LogP contribution < -0.4 is 0 Å². The molecule has 0 aliphatic carbocycles. The van der Waals surface area contributed by atoms with E-state index in [1.165, 1.54) is 0 Å². The zero-order valence-corrected chi connectivity index (χ0v) is 18.9. The van der Waals surface area contributed by atoms with Crippen LogP contribution in [0.25, 0.3) is 0 Å². The number of carbonyl (C=O) groups excluding carboxylic acids is 2. The van der Waals surface area contributed by atoms with Crippen molar-refractivity contribution < 1.29 is 33.3 Å². The molecule has 0 aromatic heterocycles. The van der Waals surface area contributed by atoms with E-state index in [-0.39, 0.29) is 17.6 Å². The van der Waals surface area contributed by atoms with Crippen LogP contribution in [0.5, 0.6) is 0 Å². The third-order valence-corrected chi connectivity index (χ3v) is 4.56. The van der Waals surface area contributed by atoms with Crippen LogP contribution in [0.2, 0.25) is 0 Å². The van der Waals surface area contributed by atoms with Crippen molar-refractivity contribution in [2.75, 3.05) is 66.1 Å². The fourth-order valence-electron chi connectivity index (χ4n) is 2.56. The Kier molecular flexibility index (Phi) is 19.8. The van der Waals surface area contributed by atoms with Gasteiger partial charge in [0.1, 0.15) is 11.6 Å². The molecule has 0 rings (SSSR count). The number of ether oxygens (including phenoxy) is 5. The van der Waals surface area contributed by atoms with Crippen LogP contribution in [-0.2, 0) is 33.3 Å². The maximum Gasteiger partial charge on any atom is 0.138 e. The number of Topliss-reactive ketones (excluding diaryl/α,β-unsaturated/α-hetero) is 2. The van der Waals surface area contributed by atoms with Gasteiger partial charge in [-0.05, 0) is 12.8 Å². The van der Waals surface area contributed by atoms with Gasteiger partial charge in [0.05, 0.1) is 66.1 Å². The molecule has 0 fully saturated rings. The van der Waals surface area contributed by atoms with Gasteiger partial charge in [0, 0.05) is 24.7 Å². The minimum atomic E-state index is 0.0680. The van der Waals surface area contributed by atoms with Gasteiger partial charge < -0.3 is 23.7 Å². The van der Waals surface area contributed by atoms with E-state index in [1.807, 2.05) is 27.7 Å². The Balaban J connectivity index is 3.21. The summed E-state index contributed by atoms with van der Waals surface area (Å²) in [5.74, 6) is 0.752. The molecule has 0 bridgehead atoms. The fourth-order valence-corrected chi connectivity index (χ4v) is 2.56. The second-order valence-electron chi connectivity index (χ2n) is 7.16. The molecule has 0 aliphatic rings. The molecule has 0 atom stereocenters. The normalized spacial score (nSPS) is 11.5. The summed E-state index contributed by atoms with van der Waals surface area (Å²) < 4.78 is 27.0. The van der Waals surface area contributed by atoms with Crippen molar-refractivity contribution in [3.8, 4) is 0 Å². The molecule has 0 heterocycles. The number of hydrogen-bond acceptors (Lipinski definition) is 7. The average Bonchev–Trinajstić information content (AvgIpc) is 2.70. The highest BCUT2D eigenvalue weighted by Crippen LogP contribution is 2.10. The van der Waals surface area contributed by atoms with Gasteiger partial charge in [0.25, 0.3) is 0 Å². The van der Waals surface area contributed by atoms with Crippen LogP contribution in [0.3, 0.4) is 0 Å². The van der Waals surface area contributed by atoms with Crippen LogP contribution in [0, 0.1) is 11.8 Å². The molecule has 0 radical (unpaired) electrons. The third kappa shape index (κ3) is 17.7. The van der Waals surface area contributed by atoms with Crippen LogP contribution in [0.4, 0.5) is 0 Å². The highest BCUT2D eigenvalue weighted by molar-refractivity contribution is 5.81. The van der Waals surface area contributed by atoms with Crippen LogP contribution in [0.1, 0.15) is 53.4 Å². The van der Waals surface area contributed by atoms with Crippen molar-refractivity contribution in [2.24, 2.45) is 11.8 Å². The lowest BCUT2D eigenvalue weighted by Crippen LogP contribution is -2.16. The summed E-state index contributed by atoms with van der Waals surface area (Å²) in [5.41, 5.74) is 0. The molecule has 172 valence electrons. The quantitative estimate of drug-likeness (QED) is 0.250. The van der Waals surface area contributed by atoms with E-state index in [2.05, 4.69) is 0 Å². The van der Waals surface area contributed by atoms with Crippen molar-refractivity contribution >= 4 is 11.6 Å². The van der Waals surface area contributed by atoms with Gasteiger partial charge >= 0.3 is 0 Å². The first-order valence-corrected chi connectivity index (χ1v) is 11.0. The maximum atomic E-state index is 11.8. The summed E-state index contributed by atoms with van der Waals surface area (Å²) in [6.07, 6.45) is 2.74. The Hall–Kier alpha value is -0.860. The first-order valence-electron chi connectivity index (χ1n) is 11.0. The predicted molar refractivity (Wildman–Crippen MR) is 112 cm³/mol. The van der Waals surface area contributed by atoms with Gasteiger partial charge in [0.2, 0.25) is 0 Å². The number of hydrogen-bond donors (Lipinski definition) is 0. The summed E-state index contributed by atoms with van der Waals surface area (Å²) >= 11 is 0. The molecule has 0 aliphatic heterocycles. The topological polar surface area (TPSA) is 80.3 Å². The highest BCUT2D eigenvalue weighted by atomic mass is 16.6. The molecular weight excluding hydrogens is 376 g/mol. The molecule has 0 saturated heterocycles. The predicted octanol–water partition coefficient (Wildman–Crippen LogP) is 3.08. The number of carbonyl (C=O) groups is 2. The lowest BCUT2D eigenvalue weighted by atomic mass is 9.96. The van der Waals surface area contributed by atoms with E-state index in [0.29, 0.717) is 84.7 Å². The first-order chi connectivity index (χ1) is 14.0. The Morgan fingerprint density at radius 3 is 1.17 bits per heavy atom. The van der Waals surface area contributed by atoms with Gasteiger partial charge in [0.15, 0.2) is 0 Å². The highest BCUT2D eigenvalue weighted by Gasteiger charge is 2.13. The van der Waals surface area contributed by atoms with Gasteiger partial charge in [-0.15, -0.1) is 0 Å². The lowest BCUT2D eigenvalue weighted by Gasteiger charge is -2.11. The summed E-state index contributed by atoms with van der Waals surface area (Å²) in [6.45, 7) is 12.8. The standard InChI is InChI=1S/C22H42O7/c1-5-20(6-2)22(24)8-10-26-12-14-28-16-18-29-17-15-27-13-11-25-9-7-21(23)19(3)4/h19-20H,5-18H2,1-4H3. The zero-order valence-electron chi connectivity index (χ0n) is 18.9. The average molecular weight is 419 g/mol. The first kappa shape index (κ1) is 28.1. The van der Waals surface area contributed by atoms with E-state index >= 15 is 0 Å². The molecule has 0 N–H and O–H groups in total. The Morgan fingerprint density at radius 1 is 0.552 bits per heavy atom. The van der Waals surface area contributed by atoms with Crippen LogP contribution >= 0.6 is 0 Å². The third-order valence-electron chi connectivity index (χ3n) is 4.56. The smallest absolute Gasteiger partial charge is 0.138 e. The molecule has 7 nitrogen and oxygen atoms in total. The van der Waals surface area contributed by atoms with E-state index in [4.69, 9.17) is 23.7 Å². The maximum absolute atomic E-state index is 11.8. The van der Waals surface area contributed by atoms with E-state index < -0.39 is 0 Å². The van der Waals surface area contributed by atoms with Gasteiger partial charge in [-0.3, -0.25) is 9.59 Å². The largest absolute Gasteiger partial charge is 0.379 e. The molecule has 0 aromatic carbocycles. The summed E-state index contributed by atoms with van der Waals surface area (Å²) in [7, 11) is 0. The van der Waals surface area contributed by atoms with Crippen molar-refractivity contribution in [3.05, 3.63) is 0 Å². The number of ketones is 2. The zero-order chi connectivity index (χ0) is 21.7. The van der Waals surface area contributed by atoms with Gasteiger partial charge in [-0.25, -0.2) is 0 Å². The Bertz CT molecular complexity index is 395. The van der Waals surface area contributed by atoms with Crippen molar-refractivity contribution in [1.82, 2.24) is 0 Å². The minimum absolute atomic E-state index is 0.0680. The molecule has 29 heavy (non-hydrogen) atoms. The van der Waals surface area contributed by atoms with Crippen LogP contribution in [0.15, 0.2) is 0 Å². The van der Waals surface area contributed by atoms with Crippen molar-refractivity contribution in [1.29, 1.82) is 0 Å². The fraction of sp³-hybridized carbons (Fsp3) is 0.909. The SMILES string of the molecule is CCC(CC)C(=O)CCOCCOCCOCCOCCOCCC(=O)C(C)C. The van der Waals surface area contributed by atoms with E-state index in [9.17, 15) is 9.59 Å². The van der Waals surface area contributed by atoms with Gasteiger partial charge in [-0.2, -0.15) is 0 Å².